The van der Waals surface area contributed by atoms with E-state index in [1.54, 1.807) is 22.7 Å². The van der Waals surface area contributed by atoms with Crippen LogP contribution in [0.2, 0.25) is 0 Å². The van der Waals surface area contributed by atoms with Crippen LogP contribution >= 0.6 is 11.8 Å². The molecule has 148 valence electrons. The minimum absolute atomic E-state index is 0.143. The minimum Gasteiger partial charge on any atom is -0.464 e. The van der Waals surface area contributed by atoms with Gasteiger partial charge >= 0.3 is 5.97 Å². The van der Waals surface area contributed by atoms with Crippen LogP contribution in [-0.2, 0) is 9.53 Å². The SMILES string of the molecule is CCCCOC(=O)C1CSC(CC(C)C)N1C(=O)c1cccc([N+](=O)[O-])c1. The first kappa shape index (κ1) is 21.2. The molecular weight excluding hydrogens is 368 g/mol. The first-order valence-electron chi connectivity index (χ1n) is 9.20. The van der Waals surface area contributed by atoms with Gasteiger partial charge in [0.25, 0.3) is 11.6 Å². The molecule has 27 heavy (non-hydrogen) atoms. The highest BCUT2D eigenvalue weighted by molar-refractivity contribution is 8.00. The zero-order chi connectivity index (χ0) is 20.0. The Morgan fingerprint density at radius 3 is 2.78 bits per heavy atom. The highest BCUT2D eigenvalue weighted by Gasteiger charge is 2.43. The predicted molar refractivity (Wildman–Crippen MR) is 105 cm³/mol. The van der Waals surface area contributed by atoms with Gasteiger partial charge in [-0.3, -0.25) is 14.9 Å². The van der Waals surface area contributed by atoms with Crippen molar-refractivity contribution in [2.45, 2.75) is 51.4 Å². The Morgan fingerprint density at radius 1 is 1.41 bits per heavy atom. The van der Waals surface area contributed by atoms with Crippen LogP contribution in [0.25, 0.3) is 0 Å². The maximum absolute atomic E-state index is 13.1. The summed E-state index contributed by atoms with van der Waals surface area (Å²) in [4.78, 5) is 37.7. The topological polar surface area (TPSA) is 89.8 Å². The fourth-order valence-corrected chi connectivity index (χ4v) is 4.54. The molecule has 1 fully saturated rings. The van der Waals surface area contributed by atoms with E-state index in [-0.39, 0.29) is 22.5 Å². The molecule has 0 N–H and O–H groups in total. The Bertz CT molecular complexity index is 694. The predicted octanol–water partition coefficient (Wildman–Crippen LogP) is 3.87. The van der Waals surface area contributed by atoms with Gasteiger partial charge < -0.3 is 9.64 Å². The number of nitrogens with zero attached hydrogens (tertiary/aromatic N) is 2. The molecule has 8 heteroatoms. The van der Waals surface area contributed by atoms with Crippen LogP contribution in [0, 0.1) is 16.0 Å². The molecule has 0 radical (unpaired) electrons. The van der Waals surface area contributed by atoms with E-state index in [0.29, 0.717) is 18.3 Å². The Labute approximate surface area is 163 Å². The largest absolute Gasteiger partial charge is 0.464 e. The van der Waals surface area contributed by atoms with Crippen molar-refractivity contribution in [3.8, 4) is 0 Å². The number of carbonyl (C=O) groups is 2. The van der Waals surface area contributed by atoms with Crippen LogP contribution < -0.4 is 0 Å². The molecule has 1 aromatic carbocycles. The quantitative estimate of drug-likeness (QED) is 0.288. The summed E-state index contributed by atoms with van der Waals surface area (Å²) in [6.45, 7) is 6.47. The zero-order valence-electron chi connectivity index (χ0n) is 15.9. The summed E-state index contributed by atoms with van der Waals surface area (Å²) >= 11 is 1.56. The molecule has 2 rings (SSSR count). The lowest BCUT2D eigenvalue weighted by atomic mass is 10.1. The molecule has 1 heterocycles. The minimum atomic E-state index is -0.664. The van der Waals surface area contributed by atoms with Gasteiger partial charge in [-0.1, -0.05) is 33.3 Å². The van der Waals surface area contributed by atoms with Crippen molar-refractivity contribution in [1.82, 2.24) is 4.90 Å². The molecule has 1 aliphatic heterocycles. The van der Waals surface area contributed by atoms with Gasteiger partial charge in [0.2, 0.25) is 0 Å². The number of hydrogen-bond donors (Lipinski definition) is 0. The number of unbranched alkanes of at least 4 members (excludes halogenated alkanes) is 1. The molecule has 1 aliphatic rings. The number of hydrogen-bond acceptors (Lipinski definition) is 6. The molecule has 0 spiro atoms. The van der Waals surface area contributed by atoms with Crippen molar-refractivity contribution in [2.24, 2.45) is 5.92 Å². The Morgan fingerprint density at radius 2 is 2.15 bits per heavy atom. The van der Waals surface area contributed by atoms with Crippen molar-refractivity contribution in [3.05, 3.63) is 39.9 Å². The first-order valence-corrected chi connectivity index (χ1v) is 10.2. The molecule has 1 aromatic rings. The number of rotatable bonds is 8. The number of carbonyl (C=O) groups excluding carboxylic acids is 2. The fourth-order valence-electron chi connectivity index (χ4n) is 2.92. The molecule has 0 aromatic heterocycles. The first-order chi connectivity index (χ1) is 12.8. The maximum atomic E-state index is 13.1. The number of esters is 1. The van der Waals surface area contributed by atoms with Gasteiger partial charge in [0.05, 0.1) is 16.9 Å². The number of non-ortho nitro benzene ring substituents is 1. The molecule has 1 amide bonds. The molecule has 0 saturated carbocycles. The smallest absolute Gasteiger partial charge is 0.329 e. The standard InChI is InChI=1S/C19H26N2O5S/c1-4-5-9-26-19(23)16-12-27-17(10-13(2)3)20(16)18(22)14-7-6-8-15(11-14)21(24)25/h6-8,11,13,16-17H,4-5,9-10,12H2,1-3H3. The zero-order valence-corrected chi connectivity index (χ0v) is 16.7. The third-order valence-electron chi connectivity index (χ3n) is 4.32. The molecule has 0 bridgehead atoms. The van der Waals surface area contributed by atoms with Gasteiger partial charge in [-0.05, 0) is 24.8 Å². The summed E-state index contributed by atoms with van der Waals surface area (Å²) < 4.78 is 5.34. The van der Waals surface area contributed by atoms with Crippen LogP contribution in [-0.4, -0.2) is 45.5 Å². The van der Waals surface area contributed by atoms with Crippen LogP contribution in [0.5, 0.6) is 0 Å². The molecule has 0 aliphatic carbocycles. The summed E-state index contributed by atoms with van der Waals surface area (Å²) in [6.07, 6.45) is 2.43. The second-order valence-corrected chi connectivity index (χ2v) is 8.19. The third-order valence-corrected chi connectivity index (χ3v) is 5.63. The van der Waals surface area contributed by atoms with E-state index in [4.69, 9.17) is 4.74 Å². The second kappa shape index (κ2) is 9.73. The van der Waals surface area contributed by atoms with Crippen LogP contribution in [0.3, 0.4) is 0 Å². The molecule has 1 saturated heterocycles. The summed E-state index contributed by atoms with van der Waals surface area (Å²) in [7, 11) is 0. The second-order valence-electron chi connectivity index (χ2n) is 6.97. The Kier molecular flexibility index (Phi) is 7.65. The van der Waals surface area contributed by atoms with Gasteiger partial charge in [-0.25, -0.2) is 4.79 Å². The van der Waals surface area contributed by atoms with Crippen molar-refractivity contribution >= 4 is 29.3 Å². The van der Waals surface area contributed by atoms with Gasteiger partial charge in [-0.15, -0.1) is 11.8 Å². The lowest BCUT2D eigenvalue weighted by Gasteiger charge is -2.29. The Balaban J connectivity index is 2.26. The van der Waals surface area contributed by atoms with E-state index >= 15 is 0 Å². The van der Waals surface area contributed by atoms with E-state index in [1.807, 2.05) is 6.92 Å². The van der Waals surface area contributed by atoms with Gasteiger partial charge in [-0.2, -0.15) is 0 Å². The van der Waals surface area contributed by atoms with Crippen LogP contribution in [0.1, 0.15) is 50.4 Å². The number of nitro benzene ring substituents is 1. The average Bonchev–Trinajstić information content (AvgIpc) is 3.04. The van der Waals surface area contributed by atoms with Crippen molar-refractivity contribution < 1.29 is 19.2 Å². The van der Waals surface area contributed by atoms with Crippen molar-refractivity contribution in [1.29, 1.82) is 0 Å². The van der Waals surface area contributed by atoms with E-state index in [1.165, 1.54) is 18.2 Å². The lowest BCUT2D eigenvalue weighted by Crippen LogP contribution is -2.46. The summed E-state index contributed by atoms with van der Waals surface area (Å²) in [6, 6.07) is 4.97. The highest BCUT2D eigenvalue weighted by Crippen LogP contribution is 2.35. The van der Waals surface area contributed by atoms with E-state index in [9.17, 15) is 19.7 Å². The normalized spacial score (nSPS) is 19.3. The van der Waals surface area contributed by atoms with Crippen LogP contribution in [0.4, 0.5) is 5.69 Å². The molecule has 2 unspecified atom stereocenters. The maximum Gasteiger partial charge on any atom is 0.329 e. The van der Waals surface area contributed by atoms with E-state index in [2.05, 4.69) is 13.8 Å². The number of benzene rings is 1. The third kappa shape index (κ3) is 5.45. The summed E-state index contributed by atoms with van der Waals surface area (Å²) in [5.74, 6) is 0.0498. The number of thioether (sulfide) groups is 1. The van der Waals surface area contributed by atoms with Crippen molar-refractivity contribution in [3.63, 3.8) is 0 Å². The van der Waals surface area contributed by atoms with Gasteiger partial charge in [0, 0.05) is 23.4 Å². The number of ether oxygens (including phenoxy) is 1. The van der Waals surface area contributed by atoms with Crippen molar-refractivity contribution in [2.75, 3.05) is 12.4 Å². The Hall–Kier alpha value is -2.09. The molecule has 7 nitrogen and oxygen atoms in total. The lowest BCUT2D eigenvalue weighted by molar-refractivity contribution is -0.384. The van der Waals surface area contributed by atoms with Gasteiger partial charge in [0.1, 0.15) is 6.04 Å². The number of amides is 1. The molecular formula is C19H26N2O5S. The van der Waals surface area contributed by atoms with E-state index in [0.717, 1.165) is 19.3 Å². The van der Waals surface area contributed by atoms with Gasteiger partial charge in [0.15, 0.2) is 0 Å². The summed E-state index contributed by atoms with van der Waals surface area (Å²) in [5.41, 5.74) is 0.0713. The van der Waals surface area contributed by atoms with Crippen LogP contribution in [0.15, 0.2) is 24.3 Å². The van der Waals surface area contributed by atoms with E-state index < -0.39 is 16.9 Å². The molecule has 2 atom stereocenters. The fraction of sp³-hybridized carbons (Fsp3) is 0.579. The monoisotopic (exact) mass is 394 g/mol. The number of nitro groups is 1. The highest BCUT2D eigenvalue weighted by atomic mass is 32.2. The average molecular weight is 394 g/mol. The summed E-state index contributed by atoms with van der Waals surface area (Å²) in [5, 5.41) is 10.9.